The zero-order chi connectivity index (χ0) is 32.8. The molecular weight excluding hydrogens is 559 g/mol. The van der Waals surface area contributed by atoms with E-state index in [-0.39, 0.29) is 16.6 Å². The Morgan fingerprint density at radius 2 is 1.68 bits per heavy atom. The fraction of sp³-hybridized carbons (Fsp3) is 0.629. The van der Waals surface area contributed by atoms with Gasteiger partial charge in [0, 0.05) is 41.5 Å². The molecule has 242 valence electrons. The third-order valence-corrected chi connectivity index (χ3v) is 8.05. The van der Waals surface area contributed by atoms with E-state index in [1.807, 2.05) is 33.8 Å². The number of aliphatic carboxylic acids is 1. The number of nitrogens with zero attached hydrogens (tertiary/aromatic N) is 4. The zero-order valence-electron chi connectivity index (χ0n) is 28.5. The number of fused-ring (bicyclic) bond motifs is 2. The lowest BCUT2D eigenvalue weighted by molar-refractivity contribution is -0.160. The summed E-state index contributed by atoms with van der Waals surface area (Å²) < 4.78 is 29.3. The molecule has 3 heterocycles. The van der Waals surface area contributed by atoms with Gasteiger partial charge >= 0.3 is 5.97 Å². The number of rotatable bonds is 9. The van der Waals surface area contributed by atoms with E-state index in [0.717, 1.165) is 49.3 Å². The standard InChI is InChI=1S/C35H51FN4O4/c1-21-23-13-12-18-43-30(23)25(36)19-24(21)29-28(31(32(41)42)44-35(9,10)11)22(2)37-26-20-27(38-40(26)29)39(16-14-33(3,4)5)17-15-34(6,7)8/h19-20,31H,12-18H2,1-11H3,(H,41,42)/t31-/m0/s1. The maximum atomic E-state index is 15.7. The first-order valence-electron chi connectivity index (χ1n) is 15.8. The molecule has 1 N–H and O–H groups in total. The monoisotopic (exact) mass is 610 g/mol. The van der Waals surface area contributed by atoms with Crippen LogP contribution in [0.1, 0.15) is 110 Å². The lowest BCUT2D eigenvalue weighted by Crippen LogP contribution is -2.31. The largest absolute Gasteiger partial charge is 0.490 e. The molecule has 44 heavy (non-hydrogen) atoms. The summed E-state index contributed by atoms with van der Waals surface area (Å²) in [5, 5.41) is 15.6. The van der Waals surface area contributed by atoms with Crippen LogP contribution in [0, 0.1) is 30.5 Å². The number of ether oxygens (including phenoxy) is 2. The van der Waals surface area contributed by atoms with Gasteiger partial charge in [-0.1, -0.05) is 41.5 Å². The Kier molecular flexibility index (Phi) is 9.42. The van der Waals surface area contributed by atoms with Gasteiger partial charge in [-0.3, -0.25) is 0 Å². The van der Waals surface area contributed by atoms with E-state index in [2.05, 4.69) is 46.4 Å². The smallest absolute Gasteiger partial charge is 0.337 e. The fourth-order valence-corrected chi connectivity index (χ4v) is 5.62. The molecule has 0 unspecified atom stereocenters. The number of aromatic nitrogens is 3. The molecule has 0 bridgehead atoms. The van der Waals surface area contributed by atoms with Crippen LogP contribution in [0.15, 0.2) is 12.1 Å². The highest BCUT2D eigenvalue weighted by Gasteiger charge is 2.35. The summed E-state index contributed by atoms with van der Waals surface area (Å²) in [6.07, 6.45) is 2.03. The van der Waals surface area contributed by atoms with Crippen LogP contribution in [-0.4, -0.2) is 51.0 Å². The molecule has 0 saturated heterocycles. The lowest BCUT2D eigenvalue weighted by Gasteiger charge is -2.29. The topological polar surface area (TPSA) is 89.2 Å². The van der Waals surface area contributed by atoms with Crippen molar-refractivity contribution in [2.24, 2.45) is 10.8 Å². The number of hydrogen-bond donors (Lipinski definition) is 1. The lowest BCUT2D eigenvalue weighted by atomic mass is 9.90. The highest BCUT2D eigenvalue weighted by molar-refractivity contribution is 5.82. The number of aryl methyl sites for hydroxylation is 1. The second-order valence-electron chi connectivity index (χ2n) is 15.6. The van der Waals surface area contributed by atoms with Crippen LogP contribution >= 0.6 is 0 Å². The van der Waals surface area contributed by atoms with Crippen LogP contribution in [0.3, 0.4) is 0 Å². The van der Waals surface area contributed by atoms with E-state index in [4.69, 9.17) is 19.6 Å². The van der Waals surface area contributed by atoms with Gasteiger partial charge < -0.3 is 19.5 Å². The van der Waals surface area contributed by atoms with Gasteiger partial charge in [-0.2, -0.15) is 0 Å². The average Bonchev–Trinajstić information content (AvgIpc) is 3.30. The van der Waals surface area contributed by atoms with Crippen molar-refractivity contribution in [3.05, 3.63) is 40.3 Å². The fourth-order valence-electron chi connectivity index (χ4n) is 5.62. The van der Waals surface area contributed by atoms with Crippen LogP contribution < -0.4 is 9.64 Å². The van der Waals surface area contributed by atoms with Crippen LogP contribution in [0.4, 0.5) is 10.2 Å². The summed E-state index contributed by atoms with van der Waals surface area (Å²) in [5.74, 6) is -0.582. The zero-order valence-corrected chi connectivity index (χ0v) is 28.5. The number of carboxylic acids is 1. The number of benzene rings is 1. The summed E-state index contributed by atoms with van der Waals surface area (Å²) in [5.41, 5.74) is 3.61. The highest BCUT2D eigenvalue weighted by Crippen LogP contribution is 2.42. The molecule has 1 aliphatic heterocycles. The van der Waals surface area contributed by atoms with E-state index < -0.39 is 23.5 Å². The van der Waals surface area contributed by atoms with E-state index in [1.165, 1.54) is 6.07 Å². The van der Waals surface area contributed by atoms with E-state index in [0.29, 0.717) is 41.2 Å². The predicted octanol–water partition coefficient (Wildman–Crippen LogP) is 8.10. The maximum Gasteiger partial charge on any atom is 0.337 e. The molecule has 2 aromatic heterocycles. The Balaban J connectivity index is 2.02. The van der Waals surface area contributed by atoms with Crippen molar-refractivity contribution in [3.8, 4) is 17.0 Å². The highest BCUT2D eigenvalue weighted by atomic mass is 19.1. The maximum absolute atomic E-state index is 15.7. The Morgan fingerprint density at radius 3 is 2.23 bits per heavy atom. The molecule has 0 radical (unpaired) electrons. The molecule has 1 aliphatic rings. The molecule has 8 nitrogen and oxygen atoms in total. The number of carboxylic acid groups (broad SMARTS) is 1. The van der Waals surface area contributed by atoms with Crippen molar-refractivity contribution in [1.82, 2.24) is 14.6 Å². The first-order valence-corrected chi connectivity index (χ1v) is 15.8. The molecule has 4 rings (SSSR count). The van der Waals surface area contributed by atoms with Crippen molar-refractivity contribution in [1.29, 1.82) is 0 Å². The molecule has 9 heteroatoms. The average molecular weight is 611 g/mol. The first kappa shape index (κ1) is 33.7. The van der Waals surface area contributed by atoms with Crippen molar-refractivity contribution < 1.29 is 23.8 Å². The molecule has 0 aliphatic carbocycles. The van der Waals surface area contributed by atoms with Crippen LogP contribution in [0.2, 0.25) is 0 Å². The van der Waals surface area contributed by atoms with Gasteiger partial charge in [0.05, 0.1) is 17.9 Å². The Bertz CT molecular complexity index is 1510. The van der Waals surface area contributed by atoms with Gasteiger partial charge in [0.2, 0.25) is 0 Å². The molecule has 3 aromatic rings. The van der Waals surface area contributed by atoms with Crippen molar-refractivity contribution >= 4 is 17.4 Å². The van der Waals surface area contributed by atoms with Crippen LogP contribution in [0.5, 0.6) is 5.75 Å². The number of carbonyl (C=O) groups is 1. The van der Waals surface area contributed by atoms with Gasteiger partial charge in [-0.25, -0.2) is 18.7 Å². The second-order valence-corrected chi connectivity index (χ2v) is 15.6. The van der Waals surface area contributed by atoms with Gasteiger partial charge in [0.25, 0.3) is 0 Å². The number of halogens is 1. The predicted molar refractivity (Wildman–Crippen MR) is 173 cm³/mol. The third kappa shape index (κ3) is 7.71. The Morgan fingerprint density at radius 1 is 1.07 bits per heavy atom. The minimum absolute atomic E-state index is 0.130. The summed E-state index contributed by atoms with van der Waals surface area (Å²) in [6.45, 7) is 24.6. The molecule has 0 fully saturated rings. The van der Waals surface area contributed by atoms with Crippen LogP contribution in [0.25, 0.3) is 16.9 Å². The molecule has 0 spiro atoms. The van der Waals surface area contributed by atoms with Crippen molar-refractivity contribution in [2.75, 3.05) is 24.6 Å². The summed E-state index contributed by atoms with van der Waals surface area (Å²) in [7, 11) is 0. The quantitative estimate of drug-likeness (QED) is 0.262. The molecule has 1 aromatic carbocycles. The molecule has 0 saturated carbocycles. The minimum atomic E-state index is -1.35. The summed E-state index contributed by atoms with van der Waals surface area (Å²) in [4.78, 5) is 20.0. The van der Waals surface area contributed by atoms with Crippen molar-refractivity contribution in [3.63, 3.8) is 0 Å². The SMILES string of the molecule is Cc1nc2cc(N(CCC(C)(C)C)CCC(C)(C)C)nn2c(-c2cc(F)c3c(c2C)CCCO3)c1[C@H](OC(C)(C)C)C(=O)O. The third-order valence-electron chi connectivity index (χ3n) is 8.05. The Labute approximate surface area is 262 Å². The Hall–Kier alpha value is -3.20. The van der Waals surface area contributed by atoms with Crippen LogP contribution in [-0.2, 0) is 16.0 Å². The van der Waals surface area contributed by atoms with E-state index in [1.54, 1.807) is 11.4 Å². The minimum Gasteiger partial charge on any atom is -0.490 e. The molecule has 1 atom stereocenters. The van der Waals surface area contributed by atoms with Gasteiger partial charge in [0.15, 0.2) is 29.1 Å². The second kappa shape index (κ2) is 12.3. The van der Waals surface area contributed by atoms with Gasteiger partial charge in [-0.05, 0) is 82.8 Å². The number of hydrogen-bond acceptors (Lipinski definition) is 6. The normalized spacial score (nSPS) is 14.8. The molecule has 0 amide bonds. The van der Waals surface area contributed by atoms with Gasteiger partial charge in [-0.15, -0.1) is 5.10 Å². The first-order chi connectivity index (χ1) is 20.3. The van der Waals surface area contributed by atoms with E-state index >= 15 is 4.39 Å². The summed E-state index contributed by atoms with van der Waals surface area (Å²) in [6, 6.07) is 3.41. The number of anilines is 1. The molecular formula is C35H51FN4O4. The summed E-state index contributed by atoms with van der Waals surface area (Å²) >= 11 is 0. The van der Waals surface area contributed by atoms with Crippen molar-refractivity contribution in [2.45, 2.75) is 114 Å². The van der Waals surface area contributed by atoms with Gasteiger partial charge in [0.1, 0.15) is 0 Å². The van der Waals surface area contributed by atoms with E-state index in [9.17, 15) is 9.90 Å².